The topological polar surface area (TPSA) is 35.6 Å². The van der Waals surface area contributed by atoms with Gasteiger partial charge >= 0.3 is 6.03 Å². The van der Waals surface area contributed by atoms with Crippen molar-refractivity contribution in [2.24, 2.45) is 0 Å². The fourth-order valence-corrected chi connectivity index (χ4v) is 2.32. The molecule has 2 amide bonds. The summed E-state index contributed by atoms with van der Waals surface area (Å²) in [5, 5.41) is 3.02. The molecule has 4 heteroatoms. The molecule has 0 unspecified atom stereocenters. The summed E-state index contributed by atoms with van der Waals surface area (Å²) >= 11 is 0. The molecule has 1 saturated heterocycles. The van der Waals surface area contributed by atoms with Crippen LogP contribution in [0.3, 0.4) is 0 Å². The predicted octanol–water partition coefficient (Wildman–Crippen LogP) is 2.63. The average Bonchev–Trinajstić information content (AvgIpc) is 2.38. The minimum Gasteiger partial charge on any atom is -0.368 e. The van der Waals surface area contributed by atoms with Crippen molar-refractivity contribution >= 4 is 11.7 Å². The van der Waals surface area contributed by atoms with Crippen molar-refractivity contribution < 1.29 is 4.79 Å². The molecule has 0 aromatic heterocycles. The van der Waals surface area contributed by atoms with E-state index >= 15 is 0 Å². The van der Waals surface area contributed by atoms with E-state index in [0.29, 0.717) is 0 Å². The van der Waals surface area contributed by atoms with E-state index in [9.17, 15) is 4.79 Å². The second kappa shape index (κ2) is 5.73. The number of hydrogen-bond donors (Lipinski definition) is 1. The summed E-state index contributed by atoms with van der Waals surface area (Å²) in [4.78, 5) is 16.3. The maximum atomic E-state index is 12.1. The Balaban J connectivity index is 1.89. The van der Waals surface area contributed by atoms with Crippen molar-refractivity contribution in [3.05, 3.63) is 29.8 Å². The zero-order chi connectivity index (χ0) is 14.8. The van der Waals surface area contributed by atoms with Crippen LogP contribution in [0.2, 0.25) is 0 Å². The van der Waals surface area contributed by atoms with Crippen LogP contribution in [0.1, 0.15) is 26.3 Å². The summed E-state index contributed by atoms with van der Waals surface area (Å²) in [6, 6.07) is 8.61. The van der Waals surface area contributed by atoms with E-state index in [2.05, 4.69) is 41.4 Å². The van der Waals surface area contributed by atoms with Gasteiger partial charge in [-0.1, -0.05) is 17.7 Å². The van der Waals surface area contributed by atoms with Crippen molar-refractivity contribution in [2.75, 3.05) is 31.1 Å². The second-order valence-electron chi connectivity index (χ2n) is 6.49. The van der Waals surface area contributed by atoms with Crippen LogP contribution in [0, 0.1) is 6.92 Å². The molecule has 1 aromatic rings. The Kier molecular flexibility index (Phi) is 4.21. The molecular weight excluding hydrogens is 250 g/mol. The van der Waals surface area contributed by atoms with Crippen molar-refractivity contribution in [1.29, 1.82) is 0 Å². The van der Waals surface area contributed by atoms with Crippen molar-refractivity contribution in [2.45, 2.75) is 33.2 Å². The predicted molar refractivity (Wildman–Crippen MR) is 83.2 cm³/mol. The molecule has 0 saturated carbocycles. The van der Waals surface area contributed by atoms with Gasteiger partial charge in [-0.3, -0.25) is 0 Å². The zero-order valence-electron chi connectivity index (χ0n) is 12.9. The molecule has 1 heterocycles. The molecule has 1 aliphatic heterocycles. The highest BCUT2D eigenvalue weighted by molar-refractivity contribution is 5.75. The van der Waals surface area contributed by atoms with Crippen LogP contribution in [0.4, 0.5) is 10.5 Å². The number of nitrogens with one attached hydrogen (secondary N) is 1. The number of urea groups is 1. The van der Waals surface area contributed by atoms with Crippen LogP contribution in [0.15, 0.2) is 24.3 Å². The van der Waals surface area contributed by atoms with Gasteiger partial charge in [0.25, 0.3) is 0 Å². The standard InChI is InChI=1S/C16H25N3O/c1-13-5-7-14(8-6-13)18-9-11-19(12-10-18)15(20)17-16(2,3)4/h5-8H,9-12H2,1-4H3,(H,17,20). The zero-order valence-corrected chi connectivity index (χ0v) is 12.9. The van der Waals surface area contributed by atoms with E-state index in [-0.39, 0.29) is 11.6 Å². The third kappa shape index (κ3) is 3.89. The molecule has 0 aliphatic carbocycles. The third-order valence-corrected chi connectivity index (χ3v) is 3.45. The van der Waals surface area contributed by atoms with Gasteiger partial charge < -0.3 is 15.1 Å². The molecule has 4 nitrogen and oxygen atoms in total. The molecule has 0 bridgehead atoms. The Bertz CT molecular complexity index is 454. The first-order valence-electron chi connectivity index (χ1n) is 7.24. The van der Waals surface area contributed by atoms with Gasteiger partial charge in [0.2, 0.25) is 0 Å². The normalized spacial score (nSPS) is 16.2. The Morgan fingerprint density at radius 2 is 1.60 bits per heavy atom. The van der Waals surface area contributed by atoms with Crippen molar-refractivity contribution in [3.63, 3.8) is 0 Å². The number of rotatable bonds is 1. The van der Waals surface area contributed by atoms with E-state index < -0.39 is 0 Å². The molecule has 20 heavy (non-hydrogen) atoms. The van der Waals surface area contributed by atoms with Gasteiger partial charge in [0, 0.05) is 37.4 Å². The molecule has 1 aliphatic rings. The first kappa shape index (κ1) is 14.7. The first-order chi connectivity index (χ1) is 9.35. The van der Waals surface area contributed by atoms with Gasteiger partial charge in [-0.25, -0.2) is 4.79 Å². The monoisotopic (exact) mass is 275 g/mol. The summed E-state index contributed by atoms with van der Waals surface area (Å²) < 4.78 is 0. The minimum absolute atomic E-state index is 0.0426. The van der Waals surface area contributed by atoms with E-state index in [0.717, 1.165) is 26.2 Å². The van der Waals surface area contributed by atoms with E-state index in [4.69, 9.17) is 0 Å². The molecule has 0 spiro atoms. The number of carbonyl (C=O) groups excluding carboxylic acids is 1. The molecule has 2 rings (SSSR count). The van der Waals surface area contributed by atoms with Crippen molar-refractivity contribution in [1.82, 2.24) is 10.2 Å². The maximum absolute atomic E-state index is 12.1. The number of benzene rings is 1. The van der Waals surface area contributed by atoms with E-state index in [1.165, 1.54) is 11.3 Å². The number of aryl methyl sites for hydroxylation is 1. The maximum Gasteiger partial charge on any atom is 0.317 e. The Morgan fingerprint density at radius 3 is 2.10 bits per heavy atom. The molecule has 110 valence electrons. The van der Waals surface area contributed by atoms with E-state index in [1.807, 2.05) is 25.7 Å². The van der Waals surface area contributed by atoms with Gasteiger partial charge in [-0.05, 0) is 39.8 Å². The lowest BCUT2D eigenvalue weighted by Crippen LogP contribution is -2.55. The summed E-state index contributed by atoms with van der Waals surface area (Å²) in [6.45, 7) is 11.4. The second-order valence-corrected chi connectivity index (χ2v) is 6.49. The Labute approximate surface area is 121 Å². The quantitative estimate of drug-likeness (QED) is 0.855. The highest BCUT2D eigenvalue weighted by Gasteiger charge is 2.23. The number of nitrogens with zero attached hydrogens (tertiary/aromatic N) is 2. The number of anilines is 1. The fourth-order valence-electron chi connectivity index (χ4n) is 2.32. The van der Waals surface area contributed by atoms with Crippen LogP contribution in [-0.4, -0.2) is 42.6 Å². The summed E-state index contributed by atoms with van der Waals surface area (Å²) in [6.07, 6.45) is 0. The highest BCUT2D eigenvalue weighted by atomic mass is 16.2. The molecular formula is C16H25N3O. The summed E-state index contributed by atoms with van der Waals surface area (Å²) in [7, 11) is 0. The van der Waals surface area contributed by atoms with Gasteiger partial charge in [0.05, 0.1) is 0 Å². The average molecular weight is 275 g/mol. The highest BCUT2D eigenvalue weighted by Crippen LogP contribution is 2.17. The number of amides is 2. The number of piperazine rings is 1. The fraction of sp³-hybridized carbons (Fsp3) is 0.562. The van der Waals surface area contributed by atoms with Crippen LogP contribution in [-0.2, 0) is 0 Å². The van der Waals surface area contributed by atoms with Crippen LogP contribution in [0.5, 0.6) is 0 Å². The number of hydrogen-bond acceptors (Lipinski definition) is 2. The van der Waals surface area contributed by atoms with Crippen LogP contribution in [0.25, 0.3) is 0 Å². The summed E-state index contributed by atoms with van der Waals surface area (Å²) in [5.74, 6) is 0. The van der Waals surface area contributed by atoms with Crippen LogP contribution >= 0.6 is 0 Å². The lowest BCUT2D eigenvalue weighted by atomic mass is 10.1. The molecule has 1 aromatic carbocycles. The lowest BCUT2D eigenvalue weighted by molar-refractivity contribution is 0.185. The van der Waals surface area contributed by atoms with Crippen LogP contribution < -0.4 is 10.2 Å². The molecule has 1 fully saturated rings. The molecule has 0 radical (unpaired) electrons. The summed E-state index contributed by atoms with van der Waals surface area (Å²) in [5.41, 5.74) is 2.34. The Hall–Kier alpha value is -1.71. The molecule has 1 N–H and O–H groups in total. The smallest absolute Gasteiger partial charge is 0.317 e. The van der Waals surface area contributed by atoms with Gasteiger partial charge in [0.15, 0.2) is 0 Å². The lowest BCUT2D eigenvalue weighted by Gasteiger charge is -2.37. The Morgan fingerprint density at radius 1 is 1.05 bits per heavy atom. The van der Waals surface area contributed by atoms with Gasteiger partial charge in [0.1, 0.15) is 0 Å². The third-order valence-electron chi connectivity index (χ3n) is 3.45. The van der Waals surface area contributed by atoms with Crippen molar-refractivity contribution in [3.8, 4) is 0 Å². The van der Waals surface area contributed by atoms with Gasteiger partial charge in [-0.15, -0.1) is 0 Å². The first-order valence-corrected chi connectivity index (χ1v) is 7.24. The SMILES string of the molecule is Cc1ccc(N2CCN(C(=O)NC(C)(C)C)CC2)cc1. The largest absolute Gasteiger partial charge is 0.368 e. The minimum atomic E-state index is -0.175. The molecule has 0 atom stereocenters. The number of carbonyl (C=O) groups is 1. The van der Waals surface area contributed by atoms with E-state index in [1.54, 1.807) is 0 Å². The van der Waals surface area contributed by atoms with Gasteiger partial charge in [-0.2, -0.15) is 0 Å².